The van der Waals surface area contributed by atoms with Crippen LogP contribution in [0.4, 0.5) is 9.18 Å². The lowest BCUT2D eigenvalue weighted by atomic mass is 10.1. The fourth-order valence-electron chi connectivity index (χ4n) is 3.39. The average Bonchev–Trinajstić information content (AvgIpc) is 3.26. The average molecular weight is 389 g/mol. The van der Waals surface area contributed by atoms with Gasteiger partial charge in [0, 0.05) is 23.1 Å². The third-order valence-corrected chi connectivity index (χ3v) is 5.16. The van der Waals surface area contributed by atoms with Crippen LogP contribution in [-0.4, -0.2) is 21.4 Å². The molecule has 1 aliphatic rings. The number of urea groups is 1. The molecule has 0 radical (unpaired) electrons. The van der Waals surface area contributed by atoms with Gasteiger partial charge in [0.2, 0.25) is 0 Å². The molecule has 0 saturated carbocycles. The summed E-state index contributed by atoms with van der Waals surface area (Å²) < 4.78 is 15.9. The summed E-state index contributed by atoms with van der Waals surface area (Å²) in [6.45, 7) is 3.97. The second-order valence-corrected chi connectivity index (χ2v) is 6.99. The van der Waals surface area contributed by atoms with Crippen molar-refractivity contribution in [3.05, 3.63) is 94.7 Å². The van der Waals surface area contributed by atoms with Crippen LogP contribution < -0.4 is 5.32 Å². The lowest BCUT2D eigenvalue weighted by molar-refractivity contribution is -0.123. The molecule has 0 atom stereocenters. The minimum atomic E-state index is -0.561. The number of nitrogens with one attached hydrogen (secondary N) is 1. The van der Waals surface area contributed by atoms with Gasteiger partial charge in [-0.25, -0.2) is 9.18 Å². The molecule has 3 amide bonds. The Morgan fingerprint density at radius 1 is 1.00 bits per heavy atom. The van der Waals surface area contributed by atoms with E-state index in [0.29, 0.717) is 0 Å². The Balaban J connectivity index is 1.65. The van der Waals surface area contributed by atoms with Crippen molar-refractivity contribution in [2.75, 3.05) is 0 Å². The molecule has 29 heavy (non-hydrogen) atoms. The van der Waals surface area contributed by atoms with Gasteiger partial charge >= 0.3 is 6.03 Å². The number of aromatic nitrogens is 1. The van der Waals surface area contributed by atoms with E-state index >= 15 is 0 Å². The van der Waals surface area contributed by atoms with Crippen LogP contribution >= 0.6 is 0 Å². The van der Waals surface area contributed by atoms with Crippen LogP contribution in [0.5, 0.6) is 0 Å². The van der Waals surface area contributed by atoms with Crippen molar-refractivity contribution in [3.63, 3.8) is 0 Å². The standard InChI is InChI=1S/C23H20FN3O2/c1-15-7-5-11-21(16(15)2)26-12-6-9-18(26)13-20-22(28)27(23(29)25-20)14-17-8-3-4-10-19(17)24/h3-13H,14H2,1-2H3,(H,25,29)/b20-13+. The maximum atomic E-state index is 13.9. The Morgan fingerprint density at radius 2 is 1.79 bits per heavy atom. The number of halogens is 1. The molecule has 2 aromatic carbocycles. The molecule has 1 fully saturated rings. The van der Waals surface area contributed by atoms with Crippen LogP contribution in [0.15, 0.2) is 66.5 Å². The molecule has 1 N–H and O–H groups in total. The summed E-state index contributed by atoms with van der Waals surface area (Å²) in [5.41, 5.74) is 4.51. The van der Waals surface area contributed by atoms with Crippen molar-refractivity contribution in [2.45, 2.75) is 20.4 Å². The number of aryl methyl sites for hydroxylation is 1. The first kappa shape index (κ1) is 18.7. The highest BCUT2D eigenvalue weighted by molar-refractivity contribution is 6.13. The van der Waals surface area contributed by atoms with Crippen LogP contribution in [0.1, 0.15) is 22.4 Å². The van der Waals surface area contributed by atoms with Crippen molar-refractivity contribution in [1.29, 1.82) is 0 Å². The molecule has 1 saturated heterocycles. The molecule has 2 heterocycles. The lowest BCUT2D eigenvalue weighted by Gasteiger charge is -2.13. The van der Waals surface area contributed by atoms with Gasteiger partial charge in [0.1, 0.15) is 11.5 Å². The zero-order valence-electron chi connectivity index (χ0n) is 16.1. The summed E-state index contributed by atoms with van der Waals surface area (Å²) in [6.07, 6.45) is 3.55. The number of rotatable bonds is 4. The molecule has 0 aliphatic carbocycles. The number of hydrogen-bond donors (Lipinski definition) is 1. The predicted molar refractivity (Wildman–Crippen MR) is 109 cm³/mol. The van der Waals surface area contributed by atoms with Crippen LogP contribution in [0, 0.1) is 19.7 Å². The number of imide groups is 1. The highest BCUT2D eigenvalue weighted by Gasteiger charge is 2.34. The number of carbonyl (C=O) groups is 2. The van der Waals surface area contributed by atoms with E-state index in [1.807, 2.05) is 54.9 Å². The monoisotopic (exact) mass is 389 g/mol. The first-order valence-corrected chi connectivity index (χ1v) is 9.27. The van der Waals surface area contributed by atoms with Crippen LogP contribution in [0.3, 0.4) is 0 Å². The summed E-state index contributed by atoms with van der Waals surface area (Å²) in [4.78, 5) is 26.1. The zero-order valence-corrected chi connectivity index (χ0v) is 16.1. The van der Waals surface area contributed by atoms with Gasteiger partial charge in [0.25, 0.3) is 5.91 Å². The van der Waals surface area contributed by atoms with E-state index in [4.69, 9.17) is 0 Å². The van der Waals surface area contributed by atoms with E-state index in [9.17, 15) is 14.0 Å². The van der Waals surface area contributed by atoms with Crippen molar-refractivity contribution in [3.8, 4) is 5.69 Å². The van der Waals surface area contributed by atoms with Crippen molar-refractivity contribution in [2.24, 2.45) is 0 Å². The zero-order chi connectivity index (χ0) is 20.5. The van der Waals surface area contributed by atoms with Crippen molar-refractivity contribution >= 4 is 18.0 Å². The maximum Gasteiger partial charge on any atom is 0.329 e. The topological polar surface area (TPSA) is 54.3 Å². The van der Waals surface area contributed by atoms with Gasteiger partial charge in [-0.15, -0.1) is 0 Å². The first-order chi connectivity index (χ1) is 14.0. The highest BCUT2D eigenvalue weighted by atomic mass is 19.1. The Kier molecular flexibility index (Phi) is 4.76. The van der Waals surface area contributed by atoms with Gasteiger partial charge in [-0.2, -0.15) is 0 Å². The van der Waals surface area contributed by atoms with Gasteiger partial charge in [0.15, 0.2) is 0 Å². The third kappa shape index (κ3) is 3.45. The summed E-state index contributed by atoms with van der Waals surface area (Å²) in [5.74, 6) is -0.929. The summed E-state index contributed by atoms with van der Waals surface area (Å²) >= 11 is 0. The van der Waals surface area contributed by atoms with E-state index in [1.165, 1.54) is 6.07 Å². The quantitative estimate of drug-likeness (QED) is 0.534. The Morgan fingerprint density at radius 3 is 2.59 bits per heavy atom. The third-order valence-electron chi connectivity index (χ3n) is 5.16. The molecule has 0 spiro atoms. The molecule has 1 aromatic heterocycles. The van der Waals surface area contributed by atoms with E-state index in [1.54, 1.807) is 24.3 Å². The number of amides is 3. The van der Waals surface area contributed by atoms with E-state index in [2.05, 4.69) is 5.32 Å². The minimum absolute atomic E-state index is 0.118. The molecule has 0 bridgehead atoms. The number of carbonyl (C=O) groups excluding carboxylic acids is 2. The lowest BCUT2D eigenvalue weighted by Crippen LogP contribution is -2.30. The molecular weight excluding hydrogens is 369 g/mol. The summed E-state index contributed by atoms with van der Waals surface area (Å²) in [7, 11) is 0. The van der Waals surface area contributed by atoms with E-state index in [-0.39, 0.29) is 17.8 Å². The fourth-order valence-corrected chi connectivity index (χ4v) is 3.39. The Bertz CT molecular complexity index is 1150. The van der Waals surface area contributed by atoms with Gasteiger partial charge in [-0.05, 0) is 55.3 Å². The van der Waals surface area contributed by atoms with Crippen molar-refractivity contribution in [1.82, 2.24) is 14.8 Å². The van der Waals surface area contributed by atoms with Crippen LogP contribution in [-0.2, 0) is 11.3 Å². The van der Waals surface area contributed by atoms with E-state index in [0.717, 1.165) is 27.4 Å². The van der Waals surface area contributed by atoms with Crippen LogP contribution in [0.25, 0.3) is 11.8 Å². The molecule has 5 nitrogen and oxygen atoms in total. The fraction of sp³-hybridized carbons (Fsp3) is 0.130. The highest BCUT2D eigenvalue weighted by Crippen LogP contribution is 2.23. The molecule has 0 unspecified atom stereocenters. The smallest absolute Gasteiger partial charge is 0.317 e. The first-order valence-electron chi connectivity index (χ1n) is 9.27. The number of nitrogens with zero attached hydrogens (tertiary/aromatic N) is 2. The molecule has 1 aliphatic heterocycles. The second-order valence-electron chi connectivity index (χ2n) is 6.99. The molecule has 6 heteroatoms. The second kappa shape index (κ2) is 7.39. The SMILES string of the molecule is Cc1cccc(-n2cccc2/C=C2/NC(=O)N(Cc3ccccc3F)C2=O)c1C. The van der Waals surface area contributed by atoms with Gasteiger partial charge in [-0.1, -0.05) is 30.3 Å². The Hall–Kier alpha value is -3.67. The predicted octanol–water partition coefficient (Wildman–Crippen LogP) is 4.33. The molecule has 3 aromatic rings. The van der Waals surface area contributed by atoms with Gasteiger partial charge < -0.3 is 9.88 Å². The molecular formula is C23H20FN3O2. The number of benzene rings is 2. The molecule has 4 rings (SSSR count). The molecule has 146 valence electrons. The minimum Gasteiger partial charge on any atom is -0.317 e. The Labute approximate surface area is 168 Å². The van der Waals surface area contributed by atoms with Crippen molar-refractivity contribution < 1.29 is 14.0 Å². The summed E-state index contributed by atoms with van der Waals surface area (Å²) in [6, 6.07) is 15.3. The van der Waals surface area contributed by atoms with Gasteiger partial charge in [-0.3, -0.25) is 9.69 Å². The van der Waals surface area contributed by atoms with E-state index < -0.39 is 17.8 Å². The van der Waals surface area contributed by atoms with Crippen LogP contribution in [0.2, 0.25) is 0 Å². The summed E-state index contributed by atoms with van der Waals surface area (Å²) in [5, 5.41) is 2.60. The maximum absolute atomic E-state index is 13.9. The largest absolute Gasteiger partial charge is 0.329 e. The normalized spacial score (nSPS) is 15.3. The van der Waals surface area contributed by atoms with Gasteiger partial charge in [0.05, 0.1) is 6.54 Å². The number of hydrogen-bond acceptors (Lipinski definition) is 2.